The molecule has 4 rings (SSSR count). The van der Waals surface area contributed by atoms with Gasteiger partial charge in [-0.15, -0.1) is 0 Å². The highest BCUT2D eigenvalue weighted by Gasteiger charge is 2.54. The Bertz CT molecular complexity index is 837. The first-order valence-electron chi connectivity index (χ1n) is 8.66. The Hall–Kier alpha value is -2.56. The van der Waals surface area contributed by atoms with E-state index >= 15 is 0 Å². The fraction of sp³-hybridized carbons (Fsp3) is 0.400. The van der Waals surface area contributed by atoms with Gasteiger partial charge in [-0.1, -0.05) is 19.1 Å². The number of aromatic nitrogens is 2. The number of nitrogens with one attached hydrogen (secondary N) is 1. The molecule has 0 saturated heterocycles. The second-order valence-corrected chi connectivity index (χ2v) is 7.10. The maximum absolute atomic E-state index is 12.7. The van der Waals surface area contributed by atoms with Crippen molar-refractivity contribution in [1.29, 1.82) is 0 Å². The van der Waals surface area contributed by atoms with E-state index in [1.54, 1.807) is 7.11 Å². The number of aliphatic hydroxyl groups is 1. The third-order valence-corrected chi connectivity index (χ3v) is 6.09. The zero-order chi connectivity index (χ0) is 17.6. The number of hydrogen-bond acceptors (Lipinski definition) is 4. The zero-order valence-corrected chi connectivity index (χ0v) is 14.5. The number of H-pyrrole nitrogens is 1. The number of carbonyl (C=O) groups is 1. The molecule has 130 valence electrons. The predicted octanol–water partition coefficient (Wildman–Crippen LogP) is 3.32. The molecule has 1 aromatic carbocycles. The van der Waals surface area contributed by atoms with E-state index in [9.17, 15) is 9.90 Å². The zero-order valence-electron chi connectivity index (χ0n) is 14.5. The first-order chi connectivity index (χ1) is 12.1. The molecular weight excluding hydrogens is 316 g/mol. The maximum atomic E-state index is 12.7. The topological polar surface area (TPSA) is 75.2 Å². The fourth-order valence-corrected chi connectivity index (χ4v) is 4.85. The van der Waals surface area contributed by atoms with Crippen LogP contribution in [0.25, 0.3) is 0 Å². The van der Waals surface area contributed by atoms with Crippen LogP contribution in [0.1, 0.15) is 36.6 Å². The highest BCUT2D eigenvalue weighted by molar-refractivity contribution is 5.98. The van der Waals surface area contributed by atoms with E-state index < -0.39 is 0 Å². The maximum Gasteiger partial charge on any atom is 0.165 e. The van der Waals surface area contributed by atoms with E-state index in [2.05, 4.69) is 22.3 Å². The van der Waals surface area contributed by atoms with Gasteiger partial charge >= 0.3 is 0 Å². The lowest BCUT2D eigenvalue weighted by Crippen LogP contribution is -2.50. The molecule has 0 spiro atoms. The van der Waals surface area contributed by atoms with Gasteiger partial charge in [-0.05, 0) is 48.4 Å². The molecule has 5 nitrogen and oxygen atoms in total. The molecule has 1 saturated carbocycles. The molecule has 2 aliphatic rings. The molecule has 0 aliphatic heterocycles. The van der Waals surface area contributed by atoms with Crippen LogP contribution >= 0.6 is 0 Å². The first-order valence-corrected chi connectivity index (χ1v) is 8.66. The van der Waals surface area contributed by atoms with E-state index in [1.807, 2.05) is 25.3 Å². The van der Waals surface area contributed by atoms with Gasteiger partial charge < -0.3 is 9.84 Å². The molecule has 1 heterocycles. The van der Waals surface area contributed by atoms with Gasteiger partial charge in [0.05, 0.1) is 19.6 Å². The van der Waals surface area contributed by atoms with Crippen molar-refractivity contribution in [2.24, 2.45) is 11.8 Å². The summed E-state index contributed by atoms with van der Waals surface area (Å²) in [6.07, 6.45) is 5.22. The van der Waals surface area contributed by atoms with Crippen LogP contribution in [0.2, 0.25) is 0 Å². The lowest BCUT2D eigenvalue weighted by molar-refractivity contribution is -0.123. The van der Waals surface area contributed by atoms with Crippen molar-refractivity contribution in [2.75, 3.05) is 7.11 Å². The monoisotopic (exact) mass is 338 g/mol. The fourth-order valence-electron chi connectivity index (χ4n) is 4.85. The van der Waals surface area contributed by atoms with Crippen LogP contribution in [0.4, 0.5) is 0 Å². The van der Waals surface area contributed by atoms with Gasteiger partial charge in [-0.25, -0.2) is 0 Å². The van der Waals surface area contributed by atoms with Crippen molar-refractivity contribution in [3.05, 3.63) is 59.1 Å². The number of hydrogen-bond donors (Lipinski definition) is 2. The highest BCUT2D eigenvalue weighted by atomic mass is 16.5. The summed E-state index contributed by atoms with van der Waals surface area (Å²) in [6, 6.07) is 8.04. The SMILES string of the molecule is COc1ccc([C@]23CC(=CO)C(=O)[C@@H](C)[C@@H]2CCc2cn[nH]c23)cc1. The quantitative estimate of drug-likeness (QED) is 0.651. The molecule has 0 amide bonds. The molecule has 1 aromatic heterocycles. The summed E-state index contributed by atoms with van der Waals surface area (Å²) >= 11 is 0. The lowest BCUT2D eigenvalue weighted by atomic mass is 9.52. The number of nitrogens with zero attached hydrogens (tertiary/aromatic N) is 1. The average Bonchev–Trinajstić information content (AvgIpc) is 3.14. The van der Waals surface area contributed by atoms with E-state index in [-0.39, 0.29) is 23.0 Å². The number of rotatable bonds is 2. The van der Waals surface area contributed by atoms with Gasteiger partial charge in [0, 0.05) is 22.6 Å². The number of fused-ring (bicyclic) bond motifs is 3. The van der Waals surface area contributed by atoms with E-state index in [0.717, 1.165) is 36.1 Å². The Morgan fingerprint density at radius 3 is 2.80 bits per heavy atom. The lowest BCUT2D eigenvalue weighted by Gasteiger charge is -2.50. The minimum atomic E-state index is -0.377. The number of Topliss-reactive ketones (excluding diaryl/α,β-unsaturated/α-hetero) is 1. The second kappa shape index (κ2) is 5.76. The number of ether oxygens (including phenoxy) is 1. The van der Waals surface area contributed by atoms with Gasteiger partial charge in [0.25, 0.3) is 0 Å². The Morgan fingerprint density at radius 2 is 2.12 bits per heavy atom. The number of benzene rings is 1. The van der Waals surface area contributed by atoms with Crippen LogP contribution in [-0.4, -0.2) is 28.2 Å². The van der Waals surface area contributed by atoms with Crippen molar-refractivity contribution >= 4 is 5.78 Å². The van der Waals surface area contributed by atoms with Gasteiger partial charge in [0.1, 0.15) is 5.75 Å². The van der Waals surface area contributed by atoms with E-state index in [1.165, 1.54) is 5.56 Å². The van der Waals surface area contributed by atoms with Gasteiger partial charge in [0.2, 0.25) is 0 Å². The van der Waals surface area contributed by atoms with Gasteiger partial charge in [0.15, 0.2) is 5.78 Å². The Labute approximate surface area is 146 Å². The number of methoxy groups -OCH3 is 1. The summed E-state index contributed by atoms with van der Waals surface area (Å²) in [5.41, 5.74) is 3.51. The molecule has 1 fully saturated rings. The predicted molar refractivity (Wildman–Crippen MR) is 93.7 cm³/mol. The molecular formula is C20H22N2O3. The number of aryl methyl sites for hydroxylation is 1. The summed E-state index contributed by atoms with van der Waals surface area (Å²) in [7, 11) is 1.65. The third kappa shape index (κ3) is 2.15. The van der Waals surface area contributed by atoms with Crippen LogP contribution in [0.3, 0.4) is 0 Å². The number of allylic oxidation sites excluding steroid dienone is 1. The number of carbonyl (C=O) groups excluding carboxylic acids is 1. The van der Waals surface area contributed by atoms with E-state index in [4.69, 9.17) is 4.74 Å². The Kier molecular flexibility index (Phi) is 3.67. The average molecular weight is 338 g/mol. The van der Waals surface area contributed by atoms with Gasteiger partial charge in [-0.2, -0.15) is 5.10 Å². The number of aliphatic hydroxyl groups excluding tert-OH is 1. The molecule has 2 N–H and O–H groups in total. The minimum Gasteiger partial charge on any atom is -0.515 e. The second-order valence-electron chi connectivity index (χ2n) is 7.10. The third-order valence-electron chi connectivity index (χ3n) is 6.09. The molecule has 25 heavy (non-hydrogen) atoms. The summed E-state index contributed by atoms with van der Waals surface area (Å²) < 4.78 is 5.30. The van der Waals surface area contributed by atoms with Crippen LogP contribution in [-0.2, 0) is 16.6 Å². The molecule has 0 radical (unpaired) electrons. The van der Waals surface area contributed by atoms with Crippen molar-refractivity contribution in [1.82, 2.24) is 10.2 Å². The smallest absolute Gasteiger partial charge is 0.165 e. The van der Waals surface area contributed by atoms with E-state index in [0.29, 0.717) is 12.0 Å². The van der Waals surface area contributed by atoms with Crippen molar-refractivity contribution in [2.45, 2.75) is 31.6 Å². The van der Waals surface area contributed by atoms with Crippen molar-refractivity contribution < 1.29 is 14.6 Å². The highest BCUT2D eigenvalue weighted by Crippen LogP contribution is 2.55. The standard InChI is InChI=1S/C20H22N2O3/c1-12-17-8-3-13-10-21-22-19(13)20(17,9-14(11-23)18(12)24)15-4-6-16(25-2)7-5-15/h4-7,10-12,17,23H,3,8-9H2,1-2H3,(H,21,22)/t12-,17-,20+/m0/s1. The molecule has 2 aliphatic carbocycles. The summed E-state index contributed by atoms with van der Waals surface area (Å²) in [5, 5.41) is 17.2. The van der Waals surface area contributed by atoms with Crippen LogP contribution in [0.5, 0.6) is 5.75 Å². The van der Waals surface area contributed by atoms with Crippen LogP contribution < -0.4 is 4.74 Å². The molecule has 0 bridgehead atoms. The van der Waals surface area contributed by atoms with Crippen molar-refractivity contribution in [3.63, 3.8) is 0 Å². The van der Waals surface area contributed by atoms with Crippen LogP contribution in [0, 0.1) is 11.8 Å². The normalized spacial score (nSPS) is 30.0. The number of ketones is 1. The van der Waals surface area contributed by atoms with Gasteiger partial charge in [-0.3, -0.25) is 9.89 Å². The summed E-state index contributed by atoms with van der Waals surface area (Å²) in [6.45, 7) is 1.98. The number of aromatic amines is 1. The molecule has 0 unspecified atom stereocenters. The molecule has 5 heteroatoms. The first kappa shape index (κ1) is 15.9. The molecule has 3 atom stereocenters. The Balaban J connectivity index is 1.95. The minimum absolute atomic E-state index is 0.0552. The summed E-state index contributed by atoms with van der Waals surface area (Å²) in [4.78, 5) is 12.7. The van der Waals surface area contributed by atoms with Crippen molar-refractivity contribution in [3.8, 4) is 5.75 Å². The largest absolute Gasteiger partial charge is 0.515 e. The summed E-state index contributed by atoms with van der Waals surface area (Å²) in [5.74, 6) is 0.880. The molecule has 2 aromatic rings. The van der Waals surface area contributed by atoms with Crippen LogP contribution in [0.15, 0.2) is 42.3 Å². The Morgan fingerprint density at radius 1 is 1.36 bits per heavy atom.